The van der Waals surface area contributed by atoms with Crippen molar-refractivity contribution in [2.45, 2.75) is 6.42 Å². The average Bonchev–Trinajstić information content (AvgIpc) is 2.30. The molecule has 1 aromatic carbocycles. The molecule has 86 valence electrons. The number of nitrogens with zero attached hydrogens (tertiary/aromatic N) is 1. The number of amides is 2. The van der Waals surface area contributed by atoms with Crippen molar-refractivity contribution < 1.29 is 9.53 Å². The lowest BCUT2D eigenvalue weighted by Crippen LogP contribution is -2.40. The Morgan fingerprint density at radius 2 is 2.38 bits per heavy atom. The molecule has 16 heavy (non-hydrogen) atoms. The third kappa shape index (κ3) is 2.87. The van der Waals surface area contributed by atoms with Crippen LogP contribution in [0.5, 0.6) is 0 Å². The van der Waals surface area contributed by atoms with E-state index in [0.29, 0.717) is 17.4 Å². The van der Waals surface area contributed by atoms with E-state index in [-0.39, 0.29) is 6.03 Å². The van der Waals surface area contributed by atoms with Crippen molar-refractivity contribution in [3.8, 4) is 0 Å². The summed E-state index contributed by atoms with van der Waals surface area (Å²) < 4.78 is 5.20. The largest absolute Gasteiger partial charge is 0.361 e. The Balaban J connectivity index is 1.96. The fourth-order valence-corrected chi connectivity index (χ4v) is 1.72. The predicted octanol–water partition coefficient (Wildman–Crippen LogP) is 2.55. The minimum Gasteiger partial charge on any atom is -0.361 e. The molecule has 0 saturated carbocycles. The van der Waals surface area contributed by atoms with Crippen molar-refractivity contribution in [1.29, 1.82) is 0 Å². The highest BCUT2D eigenvalue weighted by Crippen LogP contribution is 2.15. The molecule has 0 spiro atoms. The highest BCUT2D eigenvalue weighted by molar-refractivity contribution is 6.30. The van der Waals surface area contributed by atoms with E-state index >= 15 is 0 Å². The fourth-order valence-electron chi connectivity index (χ4n) is 1.53. The van der Waals surface area contributed by atoms with E-state index in [1.807, 2.05) is 0 Å². The lowest BCUT2D eigenvalue weighted by atomic mass is 10.3. The molecule has 1 aliphatic heterocycles. The summed E-state index contributed by atoms with van der Waals surface area (Å²) in [7, 11) is 0. The van der Waals surface area contributed by atoms with Crippen LogP contribution in [0.1, 0.15) is 6.42 Å². The highest BCUT2D eigenvalue weighted by Gasteiger charge is 2.16. The van der Waals surface area contributed by atoms with E-state index < -0.39 is 0 Å². The van der Waals surface area contributed by atoms with Gasteiger partial charge in [0.1, 0.15) is 6.73 Å². The summed E-state index contributed by atoms with van der Waals surface area (Å²) in [5, 5.41) is 3.38. The standard InChI is InChI=1S/C11H13ClN2O2/c12-9-3-1-4-10(7-9)13-11(15)14-5-2-6-16-8-14/h1,3-4,7H,2,5-6,8H2,(H,13,15). The summed E-state index contributed by atoms with van der Waals surface area (Å²) in [5.41, 5.74) is 0.697. The van der Waals surface area contributed by atoms with Crippen molar-refractivity contribution >= 4 is 23.3 Å². The zero-order valence-corrected chi connectivity index (χ0v) is 9.54. The van der Waals surface area contributed by atoms with Crippen LogP contribution in [-0.2, 0) is 4.74 Å². The highest BCUT2D eigenvalue weighted by atomic mass is 35.5. The number of nitrogens with one attached hydrogen (secondary N) is 1. The maximum atomic E-state index is 11.8. The number of rotatable bonds is 1. The van der Waals surface area contributed by atoms with E-state index in [1.165, 1.54) is 0 Å². The molecule has 5 heteroatoms. The summed E-state index contributed by atoms with van der Waals surface area (Å²) in [5.74, 6) is 0. The van der Waals surface area contributed by atoms with Crippen LogP contribution in [0.15, 0.2) is 24.3 Å². The third-order valence-electron chi connectivity index (χ3n) is 2.33. The van der Waals surface area contributed by atoms with Gasteiger partial charge in [-0.15, -0.1) is 0 Å². The maximum Gasteiger partial charge on any atom is 0.323 e. The number of urea groups is 1. The molecule has 1 aromatic rings. The van der Waals surface area contributed by atoms with Crippen LogP contribution in [0.3, 0.4) is 0 Å². The zero-order chi connectivity index (χ0) is 11.4. The number of ether oxygens (including phenoxy) is 1. The fraction of sp³-hybridized carbons (Fsp3) is 0.364. The summed E-state index contributed by atoms with van der Waals surface area (Å²) in [6.45, 7) is 1.81. The van der Waals surface area contributed by atoms with Crippen LogP contribution in [0.25, 0.3) is 0 Å². The van der Waals surface area contributed by atoms with E-state index in [2.05, 4.69) is 5.32 Å². The molecule has 1 N–H and O–H groups in total. The monoisotopic (exact) mass is 240 g/mol. The van der Waals surface area contributed by atoms with E-state index in [0.717, 1.165) is 19.6 Å². The normalized spacial score (nSPS) is 15.9. The molecule has 2 amide bonds. The van der Waals surface area contributed by atoms with Crippen LogP contribution in [-0.4, -0.2) is 30.8 Å². The summed E-state index contributed by atoms with van der Waals surface area (Å²) in [4.78, 5) is 13.4. The lowest BCUT2D eigenvalue weighted by molar-refractivity contribution is 0.0122. The smallest absolute Gasteiger partial charge is 0.323 e. The third-order valence-corrected chi connectivity index (χ3v) is 2.56. The molecule has 0 unspecified atom stereocenters. The van der Waals surface area contributed by atoms with Gasteiger partial charge in [-0.3, -0.25) is 0 Å². The number of hydrogen-bond donors (Lipinski definition) is 1. The molecule has 0 atom stereocenters. The first-order chi connectivity index (χ1) is 7.75. The van der Waals surface area contributed by atoms with Crippen molar-refractivity contribution in [3.63, 3.8) is 0 Å². The number of carbonyl (C=O) groups is 1. The van der Waals surface area contributed by atoms with Crippen molar-refractivity contribution in [3.05, 3.63) is 29.3 Å². The summed E-state index contributed by atoms with van der Waals surface area (Å²) in [6.07, 6.45) is 0.878. The second kappa shape index (κ2) is 5.18. The molecule has 4 nitrogen and oxygen atoms in total. The minimum absolute atomic E-state index is 0.151. The Bertz CT molecular complexity index is 378. The van der Waals surface area contributed by atoms with Crippen LogP contribution in [0.4, 0.5) is 10.5 Å². The first kappa shape index (κ1) is 11.2. The zero-order valence-electron chi connectivity index (χ0n) is 8.78. The summed E-state index contributed by atoms with van der Waals surface area (Å²) in [6, 6.07) is 6.92. The van der Waals surface area contributed by atoms with Gasteiger partial charge in [-0.25, -0.2) is 4.79 Å². The summed E-state index contributed by atoms with van der Waals surface area (Å²) >= 11 is 5.82. The molecule has 0 radical (unpaired) electrons. The quantitative estimate of drug-likeness (QED) is 0.820. The molecule has 1 aliphatic rings. The van der Waals surface area contributed by atoms with Crippen molar-refractivity contribution in [1.82, 2.24) is 4.90 Å². The molecule has 1 saturated heterocycles. The van der Waals surface area contributed by atoms with Crippen LogP contribution < -0.4 is 5.32 Å². The molecule has 0 bridgehead atoms. The van der Waals surface area contributed by atoms with Crippen LogP contribution in [0, 0.1) is 0 Å². The van der Waals surface area contributed by atoms with E-state index in [1.54, 1.807) is 29.2 Å². The predicted molar refractivity (Wildman–Crippen MR) is 62.6 cm³/mol. The van der Waals surface area contributed by atoms with Gasteiger partial charge in [-0.1, -0.05) is 17.7 Å². The molecule has 0 aromatic heterocycles. The Kier molecular flexibility index (Phi) is 3.64. The number of carbonyl (C=O) groups excluding carboxylic acids is 1. The van der Waals surface area contributed by atoms with E-state index in [4.69, 9.17) is 16.3 Å². The average molecular weight is 241 g/mol. The Labute approximate surface area is 99.1 Å². The molecule has 0 aliphatic carbocycles. The van der Waals surface area contributed by atoms with Gasteiger partial charge in [-0.05, 0) is 24.6 Å². The van der Waals surface area contributed by atoms with Gasteiger partial charge in [0.2, 0.25) is 0 Å². The molecule has 1 fully saturated rings. The lowest BCUT2D eigenvalue weighted by Gasteiger charge is -2.26. The minimum atomic E-state index is -0.151. The molecular weight excluding hydrogens is 228 g/mol. The maximum absolute atomic E-state index is 11.8. The number of hydrogen-bond acceptors (Lipinski definition) is 2. The molecule has 1 heterocycles. The van der Waals surface area contributed by atoms with Crippen molar-refractivity contribution in [2.75, 3.05) is 25.2 Å². The Hall–Kier alpha value is -1.26. The topological polar surface area (TPSA) is 41.6 Å². The van der Waals surface area contributed by atoms with Gasteiger partial charge < -0.3 is 15.0 Å². The van der Waals surface area contributed by atoms with Gasteiger partial charge >= 0.3 is 6.03 Å². The molecular formula is C11H13ClN2O2. The Morgan fingerprint density at radius 1 is 1.50 bits per heavy atom. The first-order valence-corrected chi connectivity index (χ1v) is 5.53. The van der Waals surface area contributed by atoms with Gasteiger partial charge in [0.25, 0.3) is 0 Å². The van der Waals surface area contributed by atoms with Gasteiger partial charge in [0, 0.05) is 17.3 Å². The number of anilines is 1. The Morgan fingerprint density at radius 3 is 3.06 bits per heavy atom. The SMILES string of the molecule is O=C(Nc1cccc(Cl)c1)N1CCCOC1. The second-order valence-electron chi connectivity index (χ2n) is 3.59. The molecule has 2 rings (SSSR count). The van der Waals surface area contributed by atoms with Crippen molar-refractivity contribution in [2.24, 2.45) is 0 Å². The first-order valence-electron chi connectivity index (χ1n) is 5.15. The van der Waals surface area contributed by atoms with Gasteiger partial charge in [0.05, 0.1) is 6.61 Å². The van der Waals surface area contributed by atoms with Crippen LogP contribution in [0.2, 0.25) is 5.02 Å². The van der Waals surface area contributed by atoms with E-state index in [9.17, 15) is 4.79 Å². The van der Waals surface area contributed by atoms with Gasteiger partial charge in [0.15, 0.2) is 0 Å². The van der Waals surface area contributed by atoms with Crippen LogP contribution >= 0.6 is 11.6 Å². The van der Waals surface area contributed by atoms with Gasteiger partial charge in [-0.2, -0.15) is 0 Å². The number of halogens is 1. The second-order valence-corrected chi connectivity index (χ2v) is 4.03. The number of benzene rings is 1.